The SMILES string of the molecule is CN(CC(C)(C)C)C(=O)c1ccccc1C#CCN. The topological polar surface area (TPSA) is 46.3 Å². The quantitative estimate of drug-likeness (QED) is 0.826. The zero-order valence-corrected chi connectivity index (χ0v) is 12.2. The molecular formula is C16H22N2O. The summed E-state index contributed by atoms with van der Waals surface area (Å²) in [6.07, 6.45) is 0. The fraction of sp³-hybridized carbons (Fsp3) is 0.438. The molecule has 0 bridgehead atoms. The van der Waals surface area contributed by atoms with E-state index in [0.717, 1.165) is 5.56 Å². The largest absolute Gasteiger partial charge is 0.341 e. The Morgan fingerprint density at radius 1 is 1.32 bits per heavy atom. The Balaban J connectivity index is 2.99. The zero-order chi connectivity index (χ0) is 14.5. The molecule has 0 fully saturated rings. The second kappa shape index (κ2) is 6.40. The minimum atomic E-state index is -0.00292. The van der Waals surface area contributed by atoms with E-state index in [9.17, 15) is 4.79 Å². The summed E-state index contributed by atoms with van der Waals surface area (Å²) in [5.74, 6) is 5.74. The predicted molar refractivity (Wildman–Crippen MR) is 78.8 cm³/mol. The summed E-state index contributed by atoms with van der Waals surface area (Å²) < 4.78 is 0. The zero-order valence-electron chi connectivity index (χ0n) is 12.2. The van der Waals surface area contributed by atoms with E-state index in [2.05, 4.69) is 32.6 Å². The van der Waals surface area contributed by atoms with Crippen molar-refractivity contribution in [3.05, 3.63) is 35.4 Å². The van der Waals surface area contributed by atoms with E-state index in [-0.39, 0.29) is 11.3 Å². The van der Waals surface area contributed by atoms with Crippen LogP contribution in [0.15, 0.2) is 24.3 Å². The summed E-state index contributed by atoms with van der Waals surface area (Å²) >= 11 is 0. The van der Waals surface area contributed by atoms with Crippen LogP contribution in [-0.2, 0) is 0 Å². The Morgan fingerprint density at radius 2 is 1.95 bits per heavy atom. The van der Waals surface area contributed by atoms with Gasteiger partial charge in [0.25, 0.3) is 5.91 Å². The first-order valence-electron chi connectivity index (χ1n) is 6.38. The molecule has 1 aromatic rings. The van der Waals surface area contributed by atoms with Crippen LogP contribution in [0.3, 0.4) is 0 Å². The molecule has 0 aliphatic carbocycles. The highest BCUT2D eigenvalue weighted by Gasteiger charge is 2.20. The van der Waals surface area contributed by atoms with Crippen molar-refractivity contribution in [2.45, 2.75) is 20.8 Å². The molecule has 3 heteroatoms. The normalized spacial score (nSPS) is 10.6. The van der Waals surface area contributed by atoms with E-state index in [0.29, 0.717) is 18.7 Å². The molecule has 0 aromatic heterocycles. The molecule has 1 aromatic carbocycles. The first-order chi connectivity index (χ1) is 8.85. The third kappa shape index (κ3) is 4.76. The van der Waals surface area contributed by atoms with Gasteiger partial charge in [0.2, 0.25) is 0 Å². The van der Waals surface area contributed by atoms with E-state index >= 15 is 0 Å². The standard InChI is InChI=1S/C16H22N2O/c1-16(2,3)12-18(4)15(19)14-10-6-5-8-13(14)9-7-11-17/h5-6,8,10H,11-12,17H2,1-4H3. The van der Waals surface area contributed by atoms with Gasteiger partial charge in [-0.3, -0.25) is 4.79 Å². The van der Waals surface area contributed by atoms with Crippen LogP contribution >= 0.6 is 0 Å². The number of carbonyl (C=O) groups is 1. The lowest BCUT2D eigenvalue weighted by Gasteiger charge is -2.27. The smallest absolute Gasteiger partial charge is 0.254 e. The highest BCUT2D eigenvalue weighted by molar-refractivity contribution is 5.96. The summed E-state index contributed by atoms with van der Waals surface area (Å²) in [5.41, 5.74) is 6.82. The van der Waals surface area contributed by atoms with Gasteiger partial charge in [0.05, 0.1) is 12.1 Å². The molecule has 0 aliphatic rings. The minimum Gasteiger partial charge on any atom is -0.341 e. The van der Waals surface area contributed by atoms with Crippen molar-refractivity contribution >= 4 is 5.91 Å². The van der Waals surface area contributed by atoms with E-state index in [1.807, 2.05) is 31.3 Å². The van der Waals surface area contributed by atoms with Gasteiger partial charge in [0.1, 0.15) is 0 Å². The monoisotopic (exact) mass is 258 g/mol. The highest BCUT2D eigenvalue weighted by Crippen LogP contribution is 2.17. The minimum absolute atomic E-state index is 0.00292. The molecule has 0 saturated carbocycles. The summed E-state index contributed by atoms with van der Waals surface area (Å²) in [6, 6.07) is 7.38. The number of carbonyl (C=O) groups excluding carboxylic acids is 1. The lowest BCUT2D eigenvalue weighted by atomic mass is 9.95. The Hall–Kier alpha value is -1.79. The van der Waals surface area contributed by atoms with Crippen LogP contribution in [0, 0.1) is 17.3 Å². The van der Waals surface area contributed by atoms with E-state index in [1.165, 1.54) is 0 Å². The average molecular weight is 258 g/mol. The van der Waals surface area contributed by atoms with Crippen LogP contribution in [0.25, 0.3) is 0 Å². The first-order valence-corrected chi connectivity index (χ1v) is 6.38. The van der Waals surface area contributed by atoms with Gasteiger partial charge in [0, 0.05) is 19.2 Å². The van der Waals surface area contributed by atoms with Gasteiger partial charge in [0.15, 0.2) is 0 Å². The van der Waals surface area contributed by atoms with Crippen molar-refractivity contribution in [1.82, 2.24) is 4.90 Å². The van der Waals surface area contributed by atoms with Crippen molar-refractivity contribution in [2.24, 2.45) is 11.1 Å². The number of hydrogen-bond acceptors (Lipinski definition) is 2. The molecule has 0 aliphatic heterocycles. The second-order valence-corrected chi connectivity index (χ2v) is 5.77. The van der Waals surface area contributed by atoms with Crippen molar-refractivity contribution in [2.75, 3.05) is 20.1 Å². The Bertz CT molecular complexity index is 503. The summed E-state index contributed by atoms with van der Waals surface area (Å²) in [4.78, 5) is 14.2. The molecule has 2 N–H and O–H groups in total. The fourth-order valence-electron chi connectivity index (χ4n) is 1.91. The molecule has 0 spiro atoms. The van der Waals surface area contributed by atoms with Gasteiger partial charge in [-0.15, -0.1) is 0 Å². The molecule has 1 amide bonds. The third-order valence-electron chi connectivity index (χ3n) is 2.54. The van der Waals surface area contributed by atoms with Crippen molar-refractivity contribution < 1.29 is 4.79 Å². The molecule has 0 saturated heterocycles. The summed E-state index contributed by atoms with van der Waals surface area (Å²) in [7, 11) is 1.82. The predicted octanol–water partition coefficient (Wildman–Crippen LogP) is 2.11. The third-order valence-corrected chi connectivity index (χ3v) is 2.54. The van der Waals surface area contributed by atoms with Gasteiger partial charge < -0.3 is 10.6 Å². The van der Waals surface area contributed by atoms with Gasteiger partial charge in [-0.1, -0.05) is 44.7 Å². The number of nitrogens with zero attached hydrogens (tertiary/aromatic N) is 1. The molecular weight excluding hydrogens is 236 g/mol. The van der Waals surface area contributed by atoms with Crippen LogP contribution in [0.4, 0.5) is 0 Å². The van der Waals surface area contributed by atoms with Crippen LogP contribution in [0.5, 0.6) is 0 Å². The number of benzene rings is 1. The average Bonchev–Trinajstić information content (AvgIpc) is 2.33. The molecule has 0 unspecified atom stereocenters. The molecule has 1 rings (SSSR count). The molecule has 0 radical (unpaired) electrons. The second-order valence-electron chi connectivity index (χ2n) is 5.77. The molecule has 0 atom stereocenters. The van der Waals surface area contributed by atoms with Gasteiger partial charge in [-0.2, -0.15) is 0 Å². The Morgan fingerprint density at radius 3 is 2.53 bits per heavy atom. The lowest BCUT2D eigenvalue weighted by molar-refractivity contribution is 0.0745. The van der Waals surface area contributed by atoms with Crippen molar-refractivity contribution in [1.29, 1.82) is 0 Å². The van der Waals surface area contributed by atoms with E-state index < -0.39 is 0 Å². The highest BCUT2D eigenvalue weighted by atomic mass is 16.2. The number of rotatable bonds is 2. The Labute approximate surface area is 115 Å². The molecule has 3 nitrogen and oxygen atoms in total. The molecule has 19 heavy (non-hydrogen) atoms. The van der Waals surface area contributed by atoms with Crippen LogP contribution in [-0.4, -0.2) is 30.9 Å². The number of nitrogens with two attached hydrogens (primary N) is 1. The van der Waals surface area contributed by atoms with Crippen LogP contribution in [0.2, 0.25) is 0 Å². The van der Waals surface area contributed by atoms with E-state index in [4.69, 9.17) is 5.73 Å². The summed E-state index contributed by atoms with van der Waals surface area (Å²) in [6.45, 7) is 7.32. The maximum absolute atomic E-state index is 12.4. The molecule has 0 heterocycles. The maximum Gasteiger partial charge on any atom is 0.254 e. The Kier molecular flexibility index (Phi) is 5.14. The van der Waals surface area contributed by atoms with Gasteiger partial charge >= 0.3 is 0 Å². The first kappa shape index (κ1) is 15.3. The fourth-order valence-corrected chi connectivity index (χ4v) is 1.91. The number of hydrogen-bond donors (Lipinski definition) is 1. The van der Waals surface area contributed by atoms with Gasteiger partial charge in [-0.25, -0.2) is 0 Å². The van der Waals surface area contributed by atoms with Crippen LogP contribution < -0.4 is 5.73 Å². The number of amides is 1. The van der Waals surface area contributed by atoms with Crippen molar-refractivity contribution in [3.63, 3.8) is 0 Å². The van der Waals surface area contributed by atoms with Crippen LogP contribution in [0.1, 0.15) is 36.7 Å². The van der Waals surface area contributed by atoms with Crippen molar-refractivity contribution in [3.8, 4) is 11.8 Å². The lowest BCUT2D eigenvalue weighted by Crippen LogP contribution is -2.34. The molecule has 102 valence electrons. The van der Waals surface area contributed by atoms with E-state index in [1.54, 1.807) is 4.90 Å². The van der Waals surface area contributed by atoms with Gasteiger partial charge in [-0.05, 0) is 17.5 Å². The maximum atomic E-state index is 12.4. The summed E-state index contributed by atoms with van der Waals surface area (Å²) in [5, 5.41) is 0.